The highest BCUT2D eigenvalue weighted by molar-refractivity contribution is 7.80. The van der Waals surface area contributed by atoms with Crippen LogP contribution in [0.4, 0.5) is 4.79 Å². The van der Waals surface area contributed by atoms with Gasteiger partial charge in [0, 0.05) is 17.8 Å². The standard InChI is InChI=1S/C26H43N3O4S/c1-9-10-11-16-29(23(31)20(17-34)27-24(32)33-26(6,7)8)21(22(30)28-25(3,4)5)19-14-12-18(2)13-15-19/h12-15,20-21,34H,9-11,16-17H2,1-8H3,(H,27,32)(H,28,30). The van der Waals surface area contributed by atoms with Gasteiger partial charge in [-0.3, -0.25) is 9.59 Å². The summed E-state index contributed by atoms with van der Waals surface area (Å²) < 4.78 is 5.34. The highest BCUT2D eigenvalue weighted by atomic mass is 32.1. The summed E-state index contributed by atoms with van der Waals surface area (Å²) >= 11 is 4.32. The topological polar surface area (TPSA) is 87.7 Å². The zero-order valence-electron chi connectivity index (χ0n) is 22.0. The van der Waals surface area contributed by atoms with Crippen LogP contribution in [0.25, 0.3) is 0 Å². The fourth-order valence-electron chi connectivity index (χ4n) is 3.39. The van der Waals surface area contributed by atoms with E-state index in [1.807, 2.05) is 52.0 Å². The highest BCUT2D eigenvalue weighted by Gasteiger charge is 2.36. The lowest BCUT2D eigenvalue weighted by Crippen LogP contribution is -2.55. The highest BCUT2D eigenvalue weighted by Crippen LogP contribution is 2.25. The van der Waals surface area contributed by atoms with Crippen LogP contribution in [-0.2, 0) is 14.3 Å². The maximum atomic E-state index is 13.7. The van der Waals surface area contributed by atoms with E-state index >= 15 is 0 Å². The molecule has 0 aliphatic carbocycles. The van der Waals surface area contributed by atoms with Crippen LogP contribution >= 0.6 is 12.6 Å². The lowest BCUT2D eigenvalue weighted by Gasteiger charge is -2.36. The molecule has 7 nitrogen and oxygen atoms in total. The number of ether oxygens (including phenoxy) is 1. The van der Waals surface area contributed by atoms with Gasteiger partial charge in [-0.15, -0.1) is 0 Å². The van der Waals surface area contributed by atoms with E-state index in [9.17, 15) is 14.4 Å². The van der Waals surface area contributed by atoms with Crippen LogP contribution in [0.3, 0.4) is 0 Å². The second kappa shape index (κ2) is 13.0. The Labute approximate surface area is 210 Å². The Bertz CT molecular complexity index is 813. The molecule has 0 aromatic heterocycles. The van der Waals surface area contributed by atoms with Gasteiger partial charge in [0.15, 0.2) is 0 Å². The maximum absolute atomic E-state index is 13.7. The molecule has 0 fully saturated rings. The van der Waals surface area contributed by atoms with Gasteiger partial charge in [-0.25, -0.2) is 4.79 Å². The van der Waals surface area contributed by atoms with Crippen LogP contribution in [0.15, 0.2) is 24.3 Å². The molecular weight excluding hydrogens is 450 g/mol. The SMILES string of the molecule is CCCCCN(C(=O)C(CS)NC(=O)OC(C)(C)C)C(C(=O)NC(C)(C)C)c1ccc(C)cc1. The molecule has 0 bridgehead atoms. The number of alkyl carbamates (subject to hydrolysis) is 1. The van der Waals surface area contributed by atoms with Gasteiger partial charge in [0.1, 0.15) is 17.7 Å². The van der Waals surface area contributed by atoms with Crippen LogP contribution in [0.5, 0.6) is 0 Å². The molecule has 0 saturated carbocycles. The summed E-state index contributed by atoms with van der Waals surface area (Å²) in [6.07, 6.45) is 1.92. The third kappa shape index (κ3) is 10.4. The predicted molar refractivity (Wildman–Crippen MR) is 140 cm³/mol. The first-order chi connectivity index (χ1) is 15.7. The average molecular weight is 494 g/mol. The minimum absolute atomic E-state index is 0.0733. The number of amides is 3. The Morgan fingerprint density at radius 3 is 2.09 bits per heavy atom. The molecule has 1 aromatic rings. The van der Waals surface area contributed by atoms with Crippen LogP contribution in [0, 0.1) is 6.92 Å². The number of benzene rings is 1. The molecule has 1 aromatic carbocycles. The van der Waals surface area contributed by atoms with Gasteiger partial charge in [0.25, 0.3) is 0 Å². The second-order valence-electron chi connectivity index (χ2n) is 10.7. The van der Waals surface area contributed by atoms with E-state index in [-0.39, 0.29) is 17.6 Å². The first kappa shape index (κ1) is 29.8. The van der Waals surface area contributed by atoms with E-state index in [1.54, 1.807) is 25.7 Å². The van der Waals surface area contributed by atoms with Crippen molar-refractivity contribution in [2.24, 2.45) is 0 Å². The lowest BCUT2D eigenvalue weighted by molar-refractivity contribution is -0.142. The number of aryl methyl sites for hydroxylation is 1. The molecule has 2 N–H and O–H groups in total. The van der Waals surface area contributed by atoms with E-state index in [1.165, 1.54) is 0 Å². The number of carbonyl (C=O) groups excluding carboxylic acids is 3. The molecule has 1 rings (SSSR count). The molecule has 0 aliphatic rings. The largest absolute Gasteiger partial charge is 0.444 e. The summed E-state index contributed by atoms with van der Waals surface area (Å²) in [5, 5.41) is 5.66. The maximum Gasteiger partial charge on any atom is 0.408 e. The third-order valence-corrected chi connectivity index (χ3v) is 5.27. The summed E-state index contributed by atoms with van der Waals surface area (Å²) in [7, 11) is 0. The van der Waals surface area contributed by atoms with Crippen molar-refractivity contribution in [2.75, 3.05) is 12.3 Å². The van der Waals surface area contributed by atoms with E-state index in [0.29, 0.717) is 12.1 Å². The zero-order valence-corrected chi connectivity index (χ0v) is 22.9. The normalized spacial score (nSPS) is 13.6. The van der Waals surface area contributed by atoms with Gasteiger partial charge >= 0.3 is 6.09 Å². The van der Waals surface area contributed by atoms with Crippen molar-refractivity contribution in [2.45, 2.75) is 97.9 Å². The van der Waals surface area contributed by atoms with Crippen molar-refractivity contribution >= 4 is 30.5 Å². The summed E-state index contributed by atoms with van der Waals surface area (Å²) in [6, 6.07) is 5.83. The summed E-state index contributed by atoms with van der Waals surface area (Å²) in [5.41, 5.74) is 0.594. The zero-order chi connectivity index (χ0) is 26.1. The quantitative estimate of drug-likeness (QED) is 0.323. The van der Waals surface area contributed by atoms with Gasteiger partial charge < -0.3 is 20.3 Å². The minimum Gasteiger partial charge on any atom is -0.444 e. The van der Waals surface area contributed by atoms with Gasteiger partial charge in [0.05, 0.1) is 0 Å². The molecular formula is C26H43N3O4S. The van der Waals surface area contributed by atoms with Gasteiger partial charge in [0.2, 0.25) is 11.8 Å². The summed E-state index contributed by atoms with van der Waals surface area (Å²) in [4.78, 5) is 41.2. The Kier molecular flexibility index (Phi) is 11.4. The number of rotatable bonds is 10. The molecule has 0 radical (unpaired) electrons. The fourth-order valence-corrected chi connectivity index (χ4v) is 3.64. The number of hydrogen-bond donors (Lipinski definition) is 3. The molecule has 34 heavy (non-hydrogen) atoms. The van der Waals surface area contributed by atoms with Gasteiger partial charge in [-0.1, -0.05) is 49.6 Å². The average Bonchev–Trinajstić information content (AvgIpc) is 2.69. The molecule has 0 heterocycles. The molecule has 8 heteroatoms. The number of hydrogen-bond acceptors (Lipinski definition) is 5. The van der Waals surface area contributed by atoms with Gasteiger partial charge in [-0.05, 0) is 60.5 Å². The van der Waals surface area contributed by atoms with Crippen molar-refractivity contribution in [3.63, 3.8) is 0 Å². The molecule has 0 spiro atoms. The number of nitrogens with zero attached hydrogens (tertiary/aromatic N) is 1. The monoisotopic (exact) mass is 493 g/mol. The fraction of sp³-hybridized carbons (Fsp3) is 0.654. The van der Waals surface area contributed by atoms with Crippen LogP contribution in [0.1, 0.15) is 84.9 Å². The Balaban J connectivity index is 3.39. The Morgan fingerprint density at radius 1 is 1.03 bits per heavy atom. The predicted octanol–water partition coefficient (Wildman–Crippen LogP) is 4.79. The van der Waals surface area contributed by atoms with E-state index in [0.717, 1.165) is 24.8 Å². The molecule has 3 amide bonds. The minimum atomic E-state index is -0.935. The molecule has 2 atom stereocenters. The second-order valence-corrected chi connectivity index (χ2v) is 11.0. The molecule has 0 aliphatic heterocycles. The molecule has 192 valence electrons. The molecule has 2 unspecified atom stereocenters. The van der Waals surface area contributed by atoms with Crippen LogP contribution in [-0.4, -0.2) is 52.3 Å². The Morgan fingerprint density at radius 2 is 1.62 bits per heavy atom. The number of nitrogens with one attached hydrogen (secondary N) is 2. The van der Waals surface area contributed by atoms with Crippen molar-refractivity contribution in [1.82, 2.24) is 15.5 Å². The molecule has 0 saturated heterocycles. The van der Waals surface area contributed by atoms with E-state index in [4.69, 9.17) is 4.74 Å². The van der Waals surface area contributed by atoms with E-state index < -0.39 is 29.3 Å². The van der Waals surface area contributed by atoms with Crippen molar-refractivity contribution < 1.29 is 19.1 Å². The summed E-state index contributed by atoms with van der Waals surface area (Å²) in [6.45, 7) is 15.4. The van der Waals surface area contributed by atoms with Crippen LogP contribution < -0.4 is 10.6 Å². The van der Waals surface area contributed by atoms with Gasteiger partial charge in [-0.2, -0.15) is 12.6 Å². The number of unbranched alkanes of at least 4 members (excludes halogenated alkanes) is 2. The van der Waals surface area contributed by atoms with Crippen molar-refractivity contribution in [3.8, 4) is 0 Å². The number of thiol groups is 1. The van der Waals surface area contributed by atoms with Crippen LogP contribution in [0.2, 0.25) is 0 Å². The van der Waals surface area contributed by atoms with Crippen molar-refractivity contribution in [1.29, 1.82) is 0 Å². The first-order valence-corrected chi connectivity index (χ1v) is 12.6. The Hall–Kier alpha value is -2.22. The van der Waals surface area contributed by atoms with E-state index in [2.05, 4.69) is 30.2 Å². The number of carbonyl (C=O) groups is 3. The smallest absolute Gasteiger partial charge is 0.408 e. The van der Waals surface area contributed by atoms with Crippen molar-refractivity contribution in [3.05, 3.63) is 35.4 Å². The summed E-state index contributed by atoms with van der Waals surface area (Å²) in [5.74, 6) is -0.563. The third-order valence-electron chi connectivity index (χ3n) is 4.91. The lowest BCUT2D eigenvalue weighted by atomic mass is 9.99. The first-order valence-electron chi connectivity index (χ1n) is 12.0.